The predicted molar refractivity (Wildman–Crippen MR) is 54.1 cm³/mol. The van der Waals surface area contributed by atoms with E-state index in [0.717, 1.165) is 0 Å². The lowest BCUT2D eigenvalue weighted by Crippen LogP contribution is -2.48. The molecular weight excluding hydrogens is 200 g/mol. The lowest BCUT2D eigenvalue weighted by molar-refractivity contribution is -0.144. The van der Waals surface area contributed by atoms with Gasteiger partial charge in [-0.3, -0.25) is 4.79 Å². The Balaban J connectivity index is 4.18. The van der Waals surface area contributed by atoms with Crippen LogP contribution in [0.1, 0.15) is 26.7 Å². The van der Waals surface area contributed by atoms with Crippen molar-refractivity contribution in [3.8, 4) is 0 Å². The Kier molecular flexibility index (Phi) is 5.88. The molecule has 5 N–H and O–H groups in total. The highest BCUT2D eigenvalue weighted by atomic mass is 16.4. The topological polar surface area (TPSA) is 113 Å². The number of carboxylic acids is 1. The molecule has 88 valence electrons. The first-order chi connectivity index (χ1) is 6.88. The first-order valence-corrected chi connectivity index (χ1v) is 4.84. The Labute approximate surface area is 88.5 Å². The van der Waals surface area contributed by atoms with Crippen molar-refractivity contribution in [1.29, 1.82) is 0 Å². The maximum Gasteiger partial charge on any atom is 0.328 e. The van der Waals surface area contributed by atoms with E-state index in [1.165, 1.54) is 6.92 Å². The Morgan fingerprint density at radius 3 is 2.33 bits per heavy atom. The molecule has 0 aliphatic carbocycles. The maximum atomic E-state index is 11.3. The summed E-state index contributed by atoms with van der Waals surface area (Å²) in [5.74, 6) is -1.72. The molecule has 6 nitrogen and oxygen atoms in total. The van der Waals surface area contributed by atoms with Gasteiger partial charge in [0.25, 0.3) is 0 Å². The van der Waals surface area contributed by atoms with Crippen molar-refractivity contribution in [1.82, 2.24) is 5.32 Å². The summed E-state index contributed by atoms with van der Waals surface area (Å²) in [6, 6.07) is -1.56. The molecule has 0 saturated heterocycles. The summed E-state index contributed by atoms with van der Waals surface area (Å²) in [6.45, 7) is 3.14. The molecule has 3 unspecified atom stereocenters. The van der Waals surface area contributed by atoms with Crippen LogP contribution in [0.4, 0.5) is 0 Å². The average molecular weight is 218 g/mol. The first kappa shape index (κ1) is 13.9. The van der Waals surface area contributed by atoms with Crippen LogP contribution in [0.3, 0.4) is 0 Å². The van der Waals surface area contributed by atoms with Gasteiger partial charge < -0.3 is 21.3 Å². The summed E-state index contributed by atoms with van der Waals surface area (Å²) in [5.41, 5.74) is 5.53. The number of carboxylic acid groups (broad SMARTS) is 1. The summed E-state index contributed by atoms with van der Waals surface area (Å²) in [5, 5.41) is 20.0. The van der Waals surface area contributed by atoms with Crippen molar-refractivity contribution < 1.29 is 19.8 Å². The number of carbonyl (C=O) groups is 2. The Morgan fingerprint density at radius 2 is 2.00 bits per heavy atom. The van der Waals surface area contributed by atoms with Crippen LogP contribution < -0.4 is 11.1 Å². The van der Waals surface area contributed by atoms with Crippen LogP contribution in [0.25, 0.3) is 0 Å². The van der Waals surface area contributed by atoms with E-state index >= 15 is 0 Å². The van der Waals surface area contributed by atoms with Crippen LogP contribution in [0.5, 0.6) is 0 Å². The number of aliphatic hydroxyl groups excluding tert-OH is 1. The number of hydrogen-bond acceptors (Lipinski definition) is 4. The van der Waals surface area contributed by atoms with Crippen LogP contribution in [0.15, 0.2) is 0 Å². The van der Waals surface area contributed by atoms with E-state index in [1.807, 2.05) is 6.92 Å². The molecule has 6 heteroatoms. The van der Waals surface area contributed by atoms with Crippen LogP contribution in [0, 0.1) is 0 Å². The molecule has 0 aromatic carbocycles. The lowest BCUT2D eigenvalue weighted by Gasteiger charge is -2.18. The molecule has 3 atom stereocenters. The normalized spacial score (nSPS) is 16.5. The van der Waals surface area contributed by atoms with Gasteiger partial charge in [0.1, 0.15) is 0 Å². The van der Waals surface area contributed by atoms with Crippen LogP contribution in [-0.2, 0) is 9.59 Å². The number of nitrogens with one attached hydrogen (secondary N) is 1. The van der Waals surface area contributed by atoms with Gasteiger partial charge in [0.05, 0.1) is 6.10 Å². The van der Waals surface area contributed by atoms with Gasteiger partial charge >= 0.3 is 5.97 Å². The number of aliphatic hydroxyl groups is 1. The molecule has 0 aromatic rings. The van der Waals surface area contributed by atoms with E-state index in [9.17, 15) is 9.59 Å². The van der Waals surface area contributed by atoms with Gasteiger partial charge in [0.15, 0.2) is 6.04 Å². The number of hydrogen-bond donors (Lipinski definition) is 4. The van der Waals surface area contributed by atoms with Crippen LogP contribution in [0.2, 0.25) is 0 Å². The van der Waals surface area contributed by atoms with Gasteiger partial charge in [-0.1, -0.05) is 6.92 Å². The minimum atomic E-state index is -1.28. The monoisotopic (exact) mass is 218 g/mol. The second-order valence-corrected chi connectivity index (χ2v) is 3.50. The maximum absolute atomic E-state index is 11.3. The third kappa shape index (κ3) is 5.34. The summed E-state index contributed by atoms with van der Waals surface area (Å²) in [7, 11) is 0. The average Bonchev–Trinajstić information content (AvgIpc) is 2.12. The van der Waals surface area contributed by atoms with E-state index in [0.29, 0.717) is 6.42 Å². The zero-order chi connectivity index (χ0) is 12.0. The minimum Gasteiger partial charge on any atom is -0.480 e. The van der Waals surface area contributed by atoms with Crippen molar-refractivity contribution in [3.05, 3.63) is 0 Å². The third-order valence-electron chi connectivity index (χ3n) is 2.04. The summed E-state index contributed by atoms with van der Waals surface area (Å²) >= 11 is 0. The Hall–Kier alpha value is -1.14. The highest BCUT2D eigenvalue weighted by molar-refractivity contribution is 5.84. The lowest BCUT2D eigenvalue weighted by atomic mass is 10.1. The van der Waals surface area contributed by atoms with Gasteiger partial charge in [-0.05, 0) is 13.3 Å². The standard InChI is InChI=1S/C9H18N2O4/c1-3-6(10)4-7(13)11-8(5(2)12)9(14)15/h5-6,8,12H,3-4,10H2,1-2H3,(H,11,13)(H,14,15). The predicted octanol–water partition coefficient (Wildman–Crippen LogP) is -0.936. The zero-order valence-corrected chi connectivity index (χ0v) is 8.93. The zero-order valence-electron chi connectivity index (χ0n) is 8.93. The third-order valence-corrected chi connectivity index (χ3v) is 2.04. The summed E-state index contributed by atoms with van der Waals surface area (Å²) in [4.78, 5) is 21.9. The first-order valence-electron chi connectivity index (χ1n) is 4.84. The molecule has 0 aromatic heterocycles. The fourth-order valence-corrected chi connectivity index (χ4v) is 1.00. The SMILES string of the molecule is CCC(N)CC(=O)NC(C(=O)O)C(C)O. The number of rotatable bonds is 6. The number of aliphatic carboxylic acids is 1. The molecule has 1 amide bonds. The quantitative estimate of drug-likeness (QED) is 0.460. The molecule has 0 saturated carbocycles. The van der Waals surface area contributed by atoms with Gasteiger partial charge in [0, 0.05) is 12.5 Å². The molecule has 0 spiro atoms. The van der Waals surface area contributed by atoms with Gasteiger partial charge in [-0.15, -0.1) is 0 Å². The molecule has 0 aliphatic heterocycles. The molecule has 0 rings (SSSR count). The molecule has 0 aliphatic rings. The summed E-state index contributed by atoms with van der Waals surface area (Å²) < 4.78 is 0. The van der Waals surface area contributed by atoms with E-state index in [-0.39, 0.29) is 12.5 Å². The van der Waals surface area contributed by atoms with Gasteiger partial charge in [-0.2, -0.15) is 0 Å². The number of nitrogens with two attached hydrogens (primary N) is 1. The van der Waals surface area contributed by atoms with Crippen LogP contribution >= 0.6 is 0 Å². The molecular formula is C9H18N2O4. The highest BCUT2D eigenvalue weighted by Gasteiger charge is 2.25. The van der Waals surface area contributed by atoms with Gasteiger partial charge in [-0.25, -0.2) is 4.79 Å². The smallest absolute Gasteiger partial charge is 0.328 e. The van der Waals surface area contributed by atoms with E-state index < -0.39 is 24.0 Å². The van der Waals surface area contributed by atoms with Crippen LogP contribution in [-0.4, -0.2) is 40.3 Å². The van der Waals surface area contributed by atoms with Crippen molar-refractivity contribution in [2.45, 2.75) is 44.9 Å². The van der Waals surface area contributed by atoms with E-state index in [1.54, 1.807) is 0 Å². The van der Waals surface area contributed by atoms with Crippen molar-refractivity contribution in [2.24, 2.45) is 5.73 Å². The largest absolute Gasteiger partial charge is 0.480 e. The molecule has 0 bridgehead atoms. The minimum absolute atomic E-state index is 0.0625. The summed E-state index contributed by atoms with van der Waals surface area (Å²) in [6.07, 6.45) is -0.434. The Morgan fingerprint density at radius 1 is 1.47 bits per heavy atom. The fourth-order valence-electron chi connectivity index (χ4n) is 1.00. The molecule has 15 heavy (non-hydrogen) atoms. The number of carbonyl (C=O) groups excluding carboxylic acids is 1. The van der Waals surface area contributed by atoms with E-state index in [2.05, 4.69) is 5.32 Å². The van der Waals surface area contributed by atoms with Crippen molar-refractivity contribution >= 4 is 11.9 Å². The van der Waals surface area contributed by atoms with E-state index in [4.69, 9.17) is 15.9 Å². The fraction of sp³-hybridized carbons (Fsp3) is 0.778. The molecule has 0 radical (unpaired) electrons. The highest BCUT2D eigenvalue weighted by Crippen LogP contribution is 1.97. The van der Waals surface area contributed by atoms with Crippen molar-refractivity contribution in [2.75, 3.05) is 0 Å². The second-order valence-electron chi connectivity index (χ2n) is 3.50. The number of amides is 1. The second kappa shape index (κ2) is 6.36. The molecule has 0 heterocycles. The Bertz CT molecular complexity index is 230. The molecule has 0 fully saturated rings. The van der Waals surface area contributed by atoms with Gasteiger partial charge in [0.2, 0.25) is 5.91 Å². The van der Waals surface area contributed by atoms with Crippen molar-refractivity contribution in [3.63, 3.8) is 0 Å².